The van der Waals surface area contributed by atoms with Crippen LogP contribution in [0.25, 0.3) is 22.0 Å². The molecule has 27 heavy (non-hydrogen) atoms. The summed E-state index contributed by atoms with van der Waals surface area (Å²) >= 11 is 0. The second-order valence-corrected chi connectivity index (χ2v) is 6.61. The Bertz CT molecular complexity index is 967. The molecule has 0 spiro atoms. The average Bonchev–Trinajstić information content (AvgIpc) is 2.71. The highest BCUT2D eigenvalue weighted by atomic mass is 16.7. The monoisotopic (exact) mass is 359 g/mol. The summed E-state index contributed by atoms with van der Waals surface area (Å²) < 4.78 is 12.1. The molecular formula is C24H25NO2. The van der Waals surface area contributed by atoms with Gasteiger partial charge in [-0.15, -0.1) is 0 Å². The molecule has 3 aromatic carbocycles. The van der Waals surface area contributed by atoms with Crippen LogP contribution in [0.1, 0.15) is 25.0 Å². The van der Waals surface area contributed by atoms with Crippen molar-refractivity contribution >= 4 is 27.7 Å². The summed E-state index contributed by atoms with van der Waals surface area (Å²) in [5.74, 6) is 0. The van der Waals surface area contributed by atoms with Crippen LogP contribution in [-0.2, 0) is 9.47 Å². The van der Waals surface area contributed by atoms with Gasteiger partial charge >= 0.3 is 0 Å². The van der Waals surface area contributed by atoms with Crippen molar-refractivity contribution in [3.05, 3.63) is 77.9 Å². The zero-order chi connectivity index (χ0) is 18.8. The second-order valence-electron chi connectivity index (χ2n) is 6.61. The summed E-state index contributed by atoms with van der Waals surface area (Å²) in [6.45, 7) is 5.21. The number of anilines is 1. The maximum Gasteiger partial charge on any atom is 0.186 e. The normalized spacial score (nSPS) is 13.7. The lowest BCUT2D eigenvalue weighted by atomic mass is 9.89. The molecule has 0 N–H and O–H groups in total. The first kappa shape index (κ1) is 17.8. The van der Waals surface area contributed by atoms with Gasteiger partial charge in [0.05, 0.1) is 5.70 Å². The third kappa shape index (κ3) is 3.03. The van der Waals surface area contributed by atoms with Gasteiger partial charge in [0.2, 0.25) is 0 Å². The van der Waals surface area contributed by atoms with Crippen LogP contribution in [0.5, 0.6) is 0 Å². The summed E-state index contributed by atoms with van der Waals surface area (Å²) in [5, 5.41) is 2.48. The molecule has 3 aromatic rings. The zero-order valence-electron chi connectivity index (χ0n) is 16.1. The molecule has 0 radical (unpaired) electrons. The Morgan fingerprint density at radius 3 is 2.15 bits per heavy atom. The van der Waals surface area contributed by atoms with E-state index in [0.717, 1.165) is 16.8 Å². The van der Waals surface area contributed by atoms with E-state index in [1.165, 1.54) is 22.0 Å². The fraction of sp³-hybridized carbons (Fsp3) is 0.250. The molecule has 0 unspecified atom stereocenters. The third-order valence-electron chi connectivity index (χ3n) is 5.04. The predicted octanol–water partition coefficient (Wildman–Crippen LogP) is 5.56. The molecule has 4 rings (SSSR count). The van der Waals surface area contributed by atoms with Crippen molar-refractivity contribution in [1.82, 2.24) is 0 Å². The Hall–Kier alpha value is -2.62. The summed E-state index contributed by atoms with van der Waals surface area (Å²) in [5.41, 5.74) is 5.78. The maximum atomic E-state index is 6.06. The van der Waals surface area contributed by atoms with E-state index in [1.54, 1.807) is 0 Å². The first-order valence-corrected chi connectivity index (χ1v) is 9.54. The topological polar surface area (TPSA) is 21.7 Å². The van der Waals surface area contributed by atoms with E-state index in [4.69, 9.17) is 9.47 Å². The van der Waals surface area contributed by atoms with E-state index in [9.17, 15) is 0 Å². The summed E-state index contributed by atoms with van der Waals surface area (Å²) in [7, 11) is 2.13. The van der Waals surface area contributed by atoms with Crippen molar-refractivity contribution in [2.45, 2.75) is 20.1 Å². The minimum atomic E-state index is -0.406. The van der Waals surface area contributed by atoms with Crippen molar-refractivity contribution in [2.24, 2.45) is 0 Å². The van der Waals surface area contributed by atoms with Crippen LogP contribution in [0.3, 0.4) is 0 Å². The minimum Gasteiger partial charge on any atom is -0.349 e. The van der Waals surface area contributed by atoms with Crippen molar-refractivity contribution in [3.8, 4) is 0 Å². The number of hydrogen-bond donors (Lipinski definition) is 0. The predicted molar refractivity (Wildman–Crippen MR) is 113 cm³/mol. The lowest BCUT2D eigenvalue weighted by molar-refractivity contribution is -0.0962. The summed E-state index contributed by atoms with van der Waals surface area (Å²) in [4.78, 5) is 2.27. The Morgan fingerprint density at radius 2 is 1.48 bits per heavy atom. The van der Waals surface area contributed by atoms with Crippen LogP contribution in [0.2, 0.25) is 0 Å². The van der Waals surface area contributed by atoms with Gasteiger partial charge in [-0.25, -0.2) is 0 Å². The molecule has 0 fully saturated rings. The molecule has 138 valence electrons. The van der Waals surface area contributed by atoms with Crippen LogP contribution in [0.15, 0.2) is 66.7 Å². The van der Waals surface area contributed by atoms with E-state index in [2.05, 4.69) is 72.6 Å². The van der Waals surface area contributed by atoms with Crippen LogP contribution in [-0.4, -0.2) is 26.6 Å². The highest BCUT2D eigenvalue weighted by molar-refractivity contribution is 6.14. The Balaban J connectivity index is 2.06. The highest BCUT2D eigenvalue weighted by Gasteiger charge is 2.31. The van der Waals surface area contributed by atoms with Gasteiger partial charge in [0, 0.05) is 36.9 Å². The molecule has 0 amide bonds. The number of nitrogens with zero attached hydrogens (tertiary/aromatic N) is 1. The lowest BCUT2D eigenvalue weighted by Gasteiger charge is -2.35. The Kier molecular flexibility index (Phi) is 4.97. The van der Waals surface area contributed by atoms with Crippen LogP contribution in [0, 0.1) is 0 Å². The molecule has 1 heterocycles. The van der Waals surface area contributed by atoms with Crippen molar-refractivity contribution in [3.63, 3.8) is 0 Å². The molecule has 1 aliphatic heterocycles. The molecule has 3 heteroatoms. The average molecular weight is 359 g/mol. The Labute approximate surface area is 160 Å². The molecule has 0 bridgehead atoms. The van der Waals surface area contributed by atoms with E-state index in [0.29, 0.717) is 13.2 Å². The SMILES string of the molecule is CCOC(OCC)C1=C(c2ccccc2)N(C)c2cccc3cccc1c23. The van der Waals surface area contributed by atoms with Crippen molar-refractivity contribution in [1.29, 1.82) is 0 Å². The van der Waals surface area contributed by atoms with E-state index >= 15 is 0 Å². The molecule has 1 aliphatic rings. The first-order valence-electron chi connectivity index (χ1n) is 9.54. The quantitative estimate of drug-likeness (QED) is 0.538. The molecule has 0 aliphatic carbocycles. The van der Waals surface area contributed by atoms with E-state index in [-0.39, 0.29) is 0 Å². The van der Waals surface area contributed by atoms with E-state index < -0.39 is 6.29 Å². The number of rotatable bonds is 6. The number of hydrogen-bond acceptors (Lipinski definition) is 3. The molecule has 0 atom stereocenters. The highest BCUT2D eigenvalue weighted by Crippen LogP contribution is 2.45. The van der Waals surface area contributed by atoms with Gasteiger partial charge in [0.1, 0.15) is 0 Å². The third-order valence-corrected chi connectivity index (χ3v) is 5.04. The largest absolute Gasteiger partial charge is 0.349 e. The van der Waals surface area contributed by atoms with Gasteiger partial charge < -0.3 is 14.4 Å². The van der Waals surface area contributed by atoms with Gasteiger partial charge in [-0.2, -0.15) is 0 Å². The van der Waals surface area contributed by atoms with Gasteiger partial charge in [-0.1, -0.05) is 60.7 Å². The lowest BCUT2D eigenvalue weighted by Crippen LogP contribution is -2.28. The molecule has 0 saturated carbocycles. The molecule has 3 nitrogen and oxygen atoms in total. The van der Waals surface area contributed by atoms with Crippen LogP contribution < -0.4 is 4.90 Å². The zero-order valence-corrected chi connectivity index (χ0v) is 16.1. The molecule has 0 aromatic heterocycles. The van der Waals surface area contributed by atoms with Gasteiger partial charge in [-0.05, 0) is 36.4 Å². The minimum absolute atomic E-state index is 0.406. The standard InChI is InChI=1S/C24H25NO2/c1-4-26-24(27-5-2)22-19-15-9-13-17-14-10-16-20(21(17)19)25(3)23(22)18-11-7-6-8-12-18/h6-16,24H,4-5H2,1-3H3. The van der Waals surface area contributed by atoms with Crippen molar-refractivity contribution < 1.29 is 9.47 Å². The van der Waals surface area contributed by atoms with Crippen LogP contribution >= 0.6 is 0 Å². The number of ether oxygens (including phenoxy) is 2. The fourth-order valence-electron chi connectivity index (χ4n) is 3.96. The van der Waals surface area contributed by atoms with Gasteiger partial charge in [-0.3, -0.25) is 0 Å². The summed E-state index contributed by atoms with van der Waals surface area (Å²) in [6, 6.07) is 23.4. The smallest absolute Gasteiger partial charge is 0.186 e. The van der Waals surface area contributed by atoms with Gasteiger partial charge in [0.25, 0.3) is 0 Å². The van der Waals surface area contributed by atoms with E-state index in [1.807, 2.05) is 19.9 Å². The fourth-order valence-corrected chi connectivity index (χ4v) is 3.96. The maximum absolute atomic E-state index is 6.06. The molecular weight excluding hydrogens is 334 g/mol. The van der Waals surface area contributed by atoms with Gasteiger partial charge in [0.15, 0.2) is 6.29 Å². The second kappa shape index (κ2) is 7.55. The number of benzene rings is 3. The van der Waals surface area contributed by atoms with Crippen LogP contribution in [0.4, 0.5) is 5.69 Å². The summed E-state index contributed by atoms with van der Waals surface area (Å²) in [6.07, 6.45) is -0.406. The first-order chi connectivity index (χ1) is 13.3. The molecule has 0 saturated heterocycles. The Morgan fingerprint density at radius 1 is 0.815 bits per heavy atom. The van der Waals surface area contributed by atoms with Crippen molar-refractivity contribution in [2.75, 3.05) is 25.2 Å².